The largest absolute Gasteiger partial charge is 0.384 e. The zero-order valence-corrected chi connectivity index (χ0v) is 11.9. The smallest absolute Gasteiger partial charge is 0.0480 e. The van der Waals surface area contributed by atoms with Crippen LogP contribution in [0, 0.1) is 0 Å². The van der Waals surface area contributed by atoms with Gasteiger partial charge in [-0.05, 0) is 35.9 Å². The second-order valence-corrected chi connectivity index (χ2v) is 5.53. The molecule has 0 saturated heterocycles. The van der Waals surface area contributed by atoms with Crippen LogP contribution < -0.4 is 10.6 Å². The van der Waals surface area contributed by atoms with Crippen molar-refractivity contribution in [3.05, 3.63) is 53.6 Å². The van der Waals surface area contributed by atoms with E-state index in [0.29, 0.717) is 0 Å². The maximum Gasteiger partial charge on any atom is 0.0480 e. The van der Waals surface area contributed by atoms with Crippen LogP contribution in [0.15, 0.2) is 47.4 Å². The molecule has 2 N–H and O–H groups in total. The predicted octanol–water partition coefficient (Wildman–Crippen LogP) is 3.99. The fraction of sp³-hybridized carbons (Fsp3) is 0.250. The van der Waals surface area contributed by atoms with E-state index in [9.17, 15) is 0 Å². The number of hydrogen-bond donors (Lipinski definition) is 2. The highest BCUT2D eigenvalue weighted by Gasteiger charge is 2.13. The average Bonchev–Trinajstić information content (AvgIpc) is 2.94. The number of hydrogen-bond acceptors (Lipinski definition) is 3. The van der Waals surface area contributed by atoms with Gasteiger partial charge in [0.05, 0.1) is 0 Å². The standard InChI is InChI=1S/C16H18N2S/c1-19-15-8-3-2-7-14(15)18-11-13-6-4-5-12-9-10-17-16(12)13/h2-8,17-18H,9-11H2,1H3. The first-order chi connectivity index (χ1) is 9.38. The molecule has 2 aromatic carbocycles. The summed E-state index contributed by atoms with van der Waals surface area (Å²) in [5.74, 6) is 0. The summed E-state index contributed by atoms with van der Waals surface area (Å²) in [6.45, 7) is 1.93. The van der Waals surface area contributed by atoms with Crippen LogP contribution in [0.4, 0.5) is 11.4 Å². The Balaban J connectivity index is 1.78. The topological polar surface area (TPSA) is 24.1 Å². The van der Waals surface area contributed by atoms with E-state index >= 15 is 0 Å². The maximum atomic E-state index is 3.55. The molecular weight excluding hydrogens is 252 g/mol. The summed E-state index contributed by atoms with van der Waals surface area (Å²) in [5, 5.41) is 7.04. The van der Waals surface area contributed by atoms with E-state index in [4.69, 9.17) is 0 Å². The zero-order chi connectivity index (χ0) is 13.1. The fourth-order valence-corrected chi connectivity index (χ4v) is 3.11. The molecule has 0 bridgehead atoms. The van der Waals surface area contributed by atoms with Crippen molar-refractivity contribution in [2.45, 2.75) is 17.9 Å². The molecule has 0 saturated carbocycles. The Hall–Kier alpha value is -1.61. The lowest BCUT2D eigenvalue weighted by molar-refractivity contribution is 1.11. The number of nitrogens with one attached hydrogen (secondary N) is 2. The van der Waals surface area contributed by atoms with Gasteiger partial charge in [-0.2, -0.15) is 0 Å². The second kappa shape index (κ2) is 5.57. The minimum atomic E-state index is 0.869. The molecular formula is C16H18N2S. The van der Waals surface area contributed by atoms with Gasteiger partial charge in [0.1, 0.15) is 0 Å². The molecule has 1 heterocycles. The van der Waals surface area contributed by atoms with Crippen LogP contribution in [0.3, 0.4) is 0 Å². The number of fused-ring (bicyclic) bond motifs is 1. The molecule has 98 valence electrons. The fourth-order valence-electron chi connectivity index (χ4n) is 2.54. The summed E-state index contributed by atoms with van der Waals surface area (Å²) in [7, 11) is 0. The third kappa shape index (κ3) is 2.56. The van der Waals surface area contributed by atoms with Crippen molar-refractivity contribution >= 4 is 23.1 Å². The Bertz CT molecular complexity index is 581. The molecule has 0 fully saturated rings. The molecule has 19 heavy (non-hydrogen) atoms. The first-order valence-electron chi connectivity index (χ1n) is 6.60. The van der Waals surface area contributed by atoms with Crippen LogP contribution in [0.5, 0.6) is 0 Å². The van der Waals surface area contributed by atoms with Crippen LogP contribution in [-0.4, -0.2) is 12.8 Å². The van der Waals surface area contributed by atoms with Crippen molar-refractivity contribution in [3.63, 3.8) is 0 Å². The van der Waals surface area contributed by atoms with Crippen LogP contribution in [-0.2, 0) is 13.0 Å². The zero-order valence-electron chi connectivity index (χ0n) is 11.1. The minimum Gasteiger partial charge on any atom is -0.384 e. The number of anilines is 2. The van der Waals surface area contributed by atoms with Crippen LogP contribution >= 0.6 is 11.8 Å². The first kappa shape index (κ1) is 12.4. The molecule has 1 aliphatic rings. The lowest BCUT2D eigenvalue weighted by atomic mass is 10.1. The van der Waals surface area contributed by atoms with Gasteiger partial charge in [0.2, 0.25) is 0 Å². The second-order valence-electron chi connectivity index (χ2n) is 4.68. The lowest BCUT2D eigenvalue weighted by Crippen LogP contribution is -2.03. The SMILES string of the molecule is CSc1ccccc1NCc1cccc2c1NCC2. The third-order valence-electron chi connectivity index (χ3n) is 3.51. The van der Waals surface area contributed by atoms with E-state index in [1.54, 1.807) is 11.8 Å². The van der Waals surface area contributed by atoms with Crippen molar-refractivity contribution in [2.75, 3.05) is 23.4 Å². The Labute approximate surface area is 118 Å². The lowest BCUT2D eigenvalue weighted by Gasteiger charge is -2.13. The molecule has 0 unspecified atom stereocenters. The molecule has 2 nitrogen and oxygen atoms in total. The van der Waals surface area contributed by atoms with Crippen molar-refractivity contribution in [1.82, 2.24) is 0 Å². The Morgan fingerprint density at radius 2 is 2.05 bits per heavy atom. The van der Waals surface area contributed by atoms with E-state index < -0.39 is 0 Å². The summed E-state index contributed by atoms with van der Waals surface area (Å²) in [6, 6.07) is 15.0. The highest BCUT2D eigenvalue weighted by molar-refractivity contribution is 7.98. The van der Waals surface area contributed by atoms with Gasteiger partial charge in [-0.25, -0.2) is 0 Å². The highest BCUT2D eigenvalue weighted by Crippen LogP contribution is 2.29. The molecule has 3 heteroatoms. The van der Waals surface area contributed by atoms with Gasteiger partial charge in [0, 0.05) is 29.4 Å². The quantitative estimate of drug-likeness (QED) is 0.822. The Morgan fingerprint density at radius 1 is 1.16 bits per heavy atom. The first-order valence-corrected chi connectivity index (χ1v) is 7.82. The number of benzene rings is 2. The molecule has 0 radical (unpaired) electrons. The van der Waals surface area contributed by atoms with E-state index in [-0.39, 0.29) is 0 Å². The molecule has 0 amide bonds. The van der Waals surface area contributed by atoms with Crippen LogP contribution in [0.1, 0.15) is 11.1 Å². The summed E-state index contributed by atoms with van der Waals surface area (Å²) in [6.07, 6.45) is 3.26. The van der Waals surface area contributed by atoms with Gasteiger partial charge in [-0.1, -0.05) is 30.3 Å². The Morgan fingerprint density at radius 3 is 2.95 bits per heavy atom. The number of thioether (sulfide) groups is 1. The van der Waals surface area contributed by atoms with Crippen molar-refractivity contribution in [1.29, 1.82) is 0 Å². The monoisotopic (exact) mass is 270 g/mol. The Kier molecular flexibility index (Phi) is 3.65. The maximum absolute atomic E-state index is 3.55. The summed E-state index contributed by atoms with van der Waals surface area (Å²) >= 11 is 1.78. The third-order valence-corrected chi connectivity index (χ3v) is 4.31. The molecule has 0 aromatic heterocycles. The normalized spacial score (nSPS) is 12.9. The number of para-hydroxylation sites is 2. The average molecular weight is 270 g/mol. The number of rotatable bonds is 4. The summed E-state index contributed by atoms with van der Waals surface area (Å²) in [5.41, 5.74) is 5.34. The molecule has 0 spiro atoms. The van der Waals surface area contributed by atoms with Gasteiger partial charge in [-0.15, -0.1) is 11.8 Å². The summed E-state index contributed by atoms with van der Waals surface area (Å²) < 4.78 is 0. The van der Waals surface area contributed by atoms with E-state index in [0.717, 1.165) is 19.5 Å². The van der Waals surface area contributed by atoms with Crippen LogP contribution in [0.25, 0.3) is 0 Å². The predicted molar refractivity (Wildman–Crippen MR) is 84.2 cm³/mol. The summed E-state index contributed by atoms with van der Waals surface area (Å²) in [4.78, 5) is 1.29. The molecule has 0 aliphatic carbocycles. The van der Waals surface area contributed by atoms with E-state index in [1.807, 2.05) is 0 Å². The molecule has 2 aromatic rings. The molecule has 3 rings (SSSR count). The van der Waals surface area contributed by atoms with Crippen molar-refractivity contribution in [3.8, 4) is 0 Å². The molecule has 1 aliphatic heterocycles. The van der Waals surface area contributed by atoms with Gasteiger partial charge in [0.15, 0.2) is 0 Å². The van der Waals surface area contributed by atoms with E-state index in [1.165, 1.54) is 27.4 Å². The van der Waals surface area contributed by atoms with Crippen molar-refractivity contribution in [2.24, 2.45) is 0 Å². The van der Waals surface area contributed by atoms with Crippen LogP contribution in [0.2, 0.25) is 0 Å². The van der Waals surface area contributed by atoms with Gasteiger partial charge in [-0.3, -0.25) is 0 Å². The van der Waals surface area contributed by atoms with E-state index in [2.05, 4.69) is 59.4 Å². The minimum absolute atomic E-state index is 0.869. The van der Waals surface area contributed by atoms with Gasteiger partial charge < -0.3 is 10.6 Å². The highest BCUT2D eigenvalue weighted by atomic mass is 32.2. The van der Waals surface area contributed by atoms with Gasteiger partial charge in [0.25, 0.3) is 0 Å². The molecule has 0 atom stereocenters. The van der Waals surface area contributed by atoms with Gasteiger partial charge >= 0.3 is 0 Å². The van der Waals surface area contributed by atoms with Crippen molar-refractivity contribution < 1.29 is 0 Å².